The Morgan fingerprint density at radius 1 is 1.23 bits per heavy atom. The standard InChI is InChI=1S/C18H21N3O/c22-15-4-1-3-12(8-15)13-7-14(10-19-9-13)17-11-21-18-16(17)5-2-6-20-18/h1,3-4,7-8,11,13,19-22H,2,5-6,9-10H2/t13-/m1/s1. The van der Waals surface area contributed by atoms with Crippen LogP contribution in [0.15, 0.2) is 36.5 Å². The first kappa shape index (κ1) is 13.5. The van der Waals surface area contributed by atoms with Crippen LogP contribution in [0.4, 0.5) is 5.82 Å². The van der Waals surface area contributed by atoms with E-state index in [2.05, 4.69) is 34.0 Å². The first-order chi connectivity index (χ1) is 10.8. The van der Waals surface area contributed by atoms with Gasteiger partial charge in [-0.1, -0.05) is 18.2 Å². The number of aromatic hydroxyl groups is 1. The van der Waals surface area contributed by atoms with Crippen molar-refractivity contribution in [3.05, 3.63) is 53.2 Å². The lowest BCUT2D eigenvalue weighted by Gasteiger charge is -2.24. The third-order valence-corrected chi connectivity index (χ3v) is 4.62. The van der Waals surface area contributed by atoms with Crippen molar-refractivity contribution in [3.63, 3.8) is 0 Å². The molecule has 0 bridgehead atoms. The molecule has 0 saturated heterocycles. The Labute approximate surface area is 130 Å². The van der Waals surface area contributed by atoms with E-state index in [9.17, 15) is 5.11 Å². The number of fused-ring (bicyclic) bond motifs is 1. The molecule has 4 rings (SSSR count). The highest BCUT2D eigenvalue weighted by Gasteiger charge is 2.21. The molecular weight excluding hydrogens is 274 g/mol. The van der Waals surface area contributed by atoms with E-state index in [4.69, 9.17) is 0 Å². The smallest absolute Gasteiger partial charge is 0.115 e. The minimum absolute atomic E-state index is 0.304. The van der Waals surface area contributed by atoms with E-state index in [1.54, 1.807) is 6.07 Å². The predicted molar refractivity (Wildman–Crippen MR) is 89.3 cm³/mol. The molecule has 4 heteroatoms. The summed E-state index contributed by atoms with van der Waals surface area (Å²) < 4.78 is 0. The summed E-state index contributed by atoms with van der Waals surface area (Å²) >= 11 is 0. The molecule has 1 aromatic carbocycles. The zero-order valence-corrected chi connectivity index (χ0v) is 12.5. The molecule has 4 nitrogen and oxygen atoms in total. The number of phenolic OH excluding ortho intramolecular Hbond substituents is 1. The Bertz CT molecular complexity index is 717. The topological polar surface area (TPSA) is 60.1 Å². The number of hydrogen-bond acceptors (Lipinski definition) is 3. The minimum atomic E-state index is 0.304. The third kappa shape index (κ3) is 2.40. The molecule has 1 aromatic heterocycles. The van der Waals surface area contributed by atoms with Crippen molar-refractivity contribution in [1.29, 1.82) is 0 Å². The highest BCUT2D eigenvalue weighted by atomic mass is 16.3. The van der Waals surface area contributed by atoms with E-state index in [0.29, 0.717) is 11.7 Å². The van der Waals surface area contributed by atoms with Gasteiger partial charge < -0.3 is 20.7 Å². The van der Waals surface area contributed by atoms with Gasteiger partial charge in [-0.2, -0.15) is 0 Å². The van der Waals surface area contributed by atoms with E-state index < -0.39 is 0 Å². The van der Waals surface area contributed by atoms with E-state index in [0.717, 1.165) is 31.6 Å². The summed E-state index contributed by atoms with van der Waals surface area (Å²) in [6.45, 7) is 2.87. The molecule has 0 saturated carbocycles. The molecule has 0 fully saturated rings. The van der Waals surface area contributed by atoms with E-state index in [1.165, 1.54) is 28.9 Å². The quantitative estimate of drug-likeness (QED) is 0.689. The Morgan fingerprint density at radius 3 is 3.09 bits per heavy atom. The number of hydrogen-bond donors (Lipinski definition) is 4. The summed E-state index contributed by atoms with van der Waals surface area (Å²) in [7, 11) is 0. The molecular formula is C18H21N3O. The zero-order chi connectivity index (χ0) is 14.9. The molecule has 2 aliphatic rings. The van der Waals surface area contributed by atoms with Gasteiger partial charge in [0.2, 0.25) is 0 Å². The van der Waals surface area contributed by atoms with Crippen LogP contribution in [0.5, 0.6) is 5.75 Å². The molecule has 0 amide bonds. The average molecular weight is 295 g/mol. The van der Waals surface area contributed by atoms with Crippen molar-refractivity contribution in [1.82, 2.24) is 10.3 Å². The normalized spacial score (nSPS) is 20.9. The van der Waals surface area contributed by atoms with Crippen LogP contribution in [0.25, 0.3) is 5.57 Å². The summed E-state index contributed by atoms with van der Waals surface area (Å²) in [6, 6.07) is 7.58. The van der Waals surface area contributed by atoms with Crippen molar-refractivity contribution >= 4 is 11.4 Å². The SMILES string of the molecule is Oc1cccc([C@@H]2C=C(c3c[nH]c4c3CCCN4)CNC2)c1. The molecule has 4 N–H and O–H groups in total. The van der Waals surface area contributed by atoms with E-state index in [1.807, 2.05) is 12.1 Å². The van der Waals surface area contributed by atoms with Crippen LogP contribution in [-0.4, -0.2) is 29.7 Å². The van der Waals surface area contributed by atoms with Gasteiger partial charge in [0, 0.05) is 42.9 Å². The molecule has 22 heavy (non-hydrogen) atoms. The monoisotopic (exact) mass is 295 g/mol. The highest BCUT2D eigenvalue weighted by Crippen LogP contribution is 2.33. The maximum atomic E-state index is 9.70. The van der Waals surface area contributed by atoms with Gasteiger partial charge in [-0.05, 0) is 36.1 Å². The average Bonchev–Trinajstić information content (AvgIpc) is 2.99. The van der Waals surface area contributed by atoms with Crippen LogP contribution < -0.4 is 10.6 Å². The molecule has 0 aliphatic carbocycles. The molecule has 0 radical (unpaired) electrons. The fourth-order valence-corrected chi connectivity index (χ4v) is 3.51. The largest absolute Gasteiger partial charge is 0.508 e. The number of aromatic amines is 1. The molecule has 0 spiro atoms. The number of aromatic nitrogens is 1. The number of benzene rings is 1. The maximum absolute atomic E-state index is 9.70. The second kappa shape index (κ2) is 5.54. The van der Waals surface area contributed by atoms with Crippen molar-refractivity contribution in [3.8, 4) is 5.75 Å². The first-order valence-electron chi connectivity index (χ1n) is 7.96. The van der Waals surface area contributed by atoms with Crippen molar-refractivity contribution < 1.29 is 5.11 Å². The van der Waals surface area contributed by atoms with Crippen LogP contribution >= 0.6 is 0 Å². The first-order valence-corrected chi connectivity index (χ1v) is 7.96. The summed E-state index contributed by atoms with van der Waals surface area (Å²) in [4.78, 5) is 3.37. The van der Waals surface area contributed by atoms with Crippen LogP contribution in [0, 0.1) is 0 Å². The second-order valence-corrected chi connectivity index (χ2v) is 6.11. The number of anilines is 1. The van der Waals surface area contributed by atoms with E-state index in [-0.39, 0.29) is 0 Å². The molecule has 2 aliphatic heterocycles. The highest BCUT2D eigenvalue weighted by molar-refractivity contribution is 5.75. The van der Waals surface area contributed by atoms with Gasteiger partial charge in [0.1, 0.15) is 11.6 Å². The van der Waals surface area contributed by atoms with Crippen LogP contribution in [0.3, 0.4) is 0 Å². The molecule has 0 unspecified atom stereocenters. The molecule has 2 aromatic rings. The fourth-order valence-electron chi connectivity index (χ4n) is 3.51. The lowest BCUT2D eigenvalue weighted by Crippen LogP contribution is -2.27. The Morgan fingerprint density at radius 2 is 2.18 bits per heavy atom. The van der Waals surface area contributed by atoms with Crippen molar-refractivity contribution in [2.75, 3.05) is 25.0 Å². The van der Waals surface area contributed by atoms with Gasteiger partial charge >= 0.3 is 0 Å². The van der Waals surface area contributed by atoms with E-state index >= 15 is 0 Å². The lowest BCUT2D eigenvalue weighted by atomic mass is 9.89. The molecule has 114 valence electrons. The number of rotatable bonds is 2. The van der Waals surface area contributed by atoms with Gasteiger partial charge in [0.25, 0.3) is 0 Å². The van der Waals surface area contributed by atoms with Gasteiger partial charge in [0.05, 0.1) is 0 Å². The predicted octanol–water partition coefficient (Wildman–Crippen LogP) is 2.85. The third-order valence-electron chi connectivity index (χ3n) is 4.62. The van der Waals surface area contributed by atoms with Crippen LogP contribution in [0.2, 0.25) is 0 Å². The number of H-pyrrole nitrogens is 1. The van der Waals surface area contributed by atoms with Crippen molar-refractivity contribution in [2.45, 2.75) is 18.8 Å². The Kier molecular flexibility index (Phi) is 3.39. The summed E-state index contributed by atoms with van der Waals surface area (Å²) in [6.07, 6.45) is 6.80. The maximum Gasteiger partial charge on any atom is 0.115 e. The number of nitrogens with one attached hydrogen (secondary N) is 3. The summed E-state index contributed by atoms with van der Waals surface area (Å²) in [5, 5.41) is 16.6. The summed E-state index contributed by atoms with van der Waals surface area (Å²) in [5.41, 5.74) is 5.25. The lowest BCUT2D eigenvalue weighted by molar-refractivity contribution is 0.474. The van der Waals surface area contributed by atoms with Gasteiger partial charge in [-0.25, -0.2) is 0 Å². The van der Waals surface area contributed by atoms with Gasteiger partial charge in [0.15, 0.2) is 0 Å². The Balaban J connectivity index is 1.68. The summed E-state index contributed by atoms with van der Waals surface area (Å²) in [5.74, 6) is 1.82. The van der Waals surface area contributed by atoms with Crippen molar-refractivity contribution in [2.24, 2.45) is 0 Å². The molecule has 1 atom stereocenters. The zero-order valence-electron chi connectivity index (χ0n) is 12.5. The fraction of sp³-hybridized carbons (Fsp3) is 0.333. The minimum Gasteiger partial charge on any atom is -0.508 e. The number of phenols is 1. The van der Waals surface area contributed by atoms with Crippen LogP contribution in [-0.2, 0) is 6.42 Å². The molecule has 3 heterocycles. The van der Waals surface area contributed by atoms with Crippen LogP contribution in [0.1, 0.15) is 29.0 Å². The Hall–Kier alpha value is -2.20. The second-order valence-electron chi connectivity index (χ2n) is 6.11. The van der Waals surface area contributed by atoms with Gasteiger partial charge in [-0.15, -0.1) is 0 Å². The van der Waals surface area contributed by atoms with Gasteiger partial charge in [-0.3, -0.25) is 0 Å².